The number of unbranched alkanes of at least 4 members (excludes halogenated alkanes) is 18. The summed E-state index contributed by atoms with van der Waals surface area (Å²) in [7, 11) is -7.63. The Bertz CT molecular complexity index is 568. The number of hydrogen-bond donors (Lipinski definition) is 2. The third kappa shape index (κ3) is 24.7. The van der Waals surface area contributed by atoms with E-state index in [4.69, 9.17) is 0 Å². The molecule has 0 saturated heterocycles. The van der Waals surface area contributed by atoms with E-state index in [9.17, 15) is 16.8 Å². The molecule has 0 aliphatic heterocycles. The van der Waals surface area contributed by atoms with Gasteiger partial charge >= 0.3 is 0 Å². The minimum atomic E-state index is -3.81. The molecule has 0 amide bonds. The molecule has 33 heavy (non-hydrogen) atoms. The fourth-order valence-electron chi connectivity index (χ4n) is 3.97. The molecule has 6 nitrogen and oxygen atoms in total. The van der Waals surface area contributed by atoms with E-state index in [1.807, 2.05) is 0 Å². The number of nitrogens with one attached hydrogen (secondary N) is 2. The van der Waals surface area contributed by atoms with Gasteiger partial charge in [-0.1, -0.05) is 129 Å². The van der Waals surface area contributed by atoms with Gasteiger partial charge in [0.2, 0.25) is 20.0 Å². The maximum atomic E-state index is 12.1. The van der Waals surface area contributed by atoms with E-state index in [1.54, 1.807) is 0 Å². The second-order valence-electron chi connectivity index (χ2n) is 9.50. The molecule has 0 heterocycles. The fourth-order valence-corrected chi connectivity index (χ4v) is 7.18. The molecule has 0 saturated carbocycles. The molecule has 0 spiro atoms. The van der Waals surface area contributed by atoms with Crippen LogP contribution < -0.4 is 9.44 Å². The van der Waals surface area contributed by atoms with Gasteiger partial charge in [0.25, 0.3) is 0 Å². The highest BCUT2D eigenvalue weighted by Crippen LogP contribution is 2.11. The molecule has 0 aromatic heterocycles. The molecule has 0 aliphatic rings. The molecule has 200 valence electrons. The molecule has 0 rings (SSSR count). The lowest BCUT2D eigenvalue weighted by atomic mass is 10.1. The summed E-state index contributed by atoms with van der Waals surface area (Å²) in [6.45, 7) is 5.07. The first-order valence-corrected chi connectivity index (χ1v) is 17.1. The molecule has 0 radical (unpaired) electrons. The van der Waals surface area contributed by atoms with E-state index in [2.05, 4.69) is 23.3 Å². The van der Waals surface area contributed by atoms with Crippen molar-refractivity contribution in [1.82, 2.24) is 9.44 Å². The first kappa shape index (κ1) is 32.8. The average molecular weight is 511 g/mol. The van der Waals surface area contributed by atoms with Gasteiger partial charge in [-0.25, -0.2) is 26.3 Å². The number of rotatable bonds is 26. The van der Waals surface area contributed by atoms with E-state index in [0.29, 0.717) is 13.1 Å². The van der Waals surface area contributed by atoms with Gasteiger partial charge in [-0.3, -0.25) is 0 Å². The van der Waals surface area contributed by atoms with Crippen LogP contribution in [0.1, 0.15) is 142 Å². The molecule has 0 unspecified atom stereocenters. The standard InChI is InChI=1S/C25H54N2O4S2/c1-3-5-7-9-11-13-15-17-19-21-23-26-32(28,29)25-33(30,31)27-24-22-20-18-16-14-12-10-8-6-4-2/h26-27H,3-25H2,1-2H3. The molecule has 0 aliphatic carbocycles. The third-order valence-corrected chi connectivity index (χ3v) is 9.79. The van der Waals surface area contributed by atoms with Gasteiger partial charge in [0.05, 0.1) is 0 Å². The van der Waals surface area contributed by atoms with Crippen LogP contribution in [0.3, 0.4) is 0 Å². The lowest BCUT2D eigenvalue weighted by Crippen LogP contribution is -2.36. The van der Waals surface area contributed by atoms with Crippen LogP contribution in [-0.4, -0.2) is 35.0 Å². The smallest absolute Gasteiger partial charge is 0.214 e. The lowest BCUT2D eigenvalue weighted by molar-refractivity contribution is 0.546. The summed E-state index contributed by atoms with van der Waals surface area (Å²) in [5, 5.41) is -0.879. The Balaban J connectivity index is 3.67. The summed E-state index contributed by atoms with van der Waals surface area (Å²) in [5.41, 5.74) is 0. The van der Waals surface area contributed by atoms with E-state index < -0.39 is 25.1 Å². The maximum Gasteiger partial charge on any atom is 0.227 e. The lowest BCUT2D eigenvalue weighted by Gasteiger charge is -2.09. The van der Waals surface area contributed by atoms with Crippen molar-refractivity contribution in [3.8, 4) is 0 Å². The second kappa shape index (κ2) is 22.3. The SMILES string of the molecule is CCCCCCCCCCCCNS(=O)(=O)CS(=O)(=O)NCCCCCCCCCCCC. The van der Waals surface area contributed by atoms with Gasteiger partial charge in [-0.05, 0) is 12.8 Å². The van der Waals surface area contributed by atoms with E-state index in [1.165, 1.54) is 89.9 Å². The fraction of sp³-hybridized carbons (Fsp3) is 1.00. The minimum absolute atomic E-state index is 0.312. The van der Waals surface area contributed by atoms with Crippen molar-refractivity contribution in [2.24, 2.45) is 0 Å². The van der Waals surface area contributed by atoms with Crippen LogP contribution >= 0.6 is 0 Å². The highest BCUT2D eigenvalue weighted by Gasteiger charge is 2.21. The zero-order valence-electron chi connectivity index (χ0n) is 21.7. The largest absolute Gasteiger partial charge is 0.227 e. The Hall–Kier alpha value is -0.180. The maximum absolute atomic E-state index is 12.1. The van der Waals surface area contributed by atoms with Crippen molar-refractivity contribution in [1.29, 1.82) is 0 Å². The molecular weight excluding hydrogens is 456 g/mol. The Morgan fingerprint density at radius 3 is 0.909 bits per heavy atom. The van der Waals surface area contributed by atoms with Crippen LogP contribution in [0.4, 0.5) is 0 Å². The zero-order chi connectivity index (χ0) is 24.7. The molecule has 0 aromatic carbocycles. The zero-order valence-corrected chi connectivity index (χ0v) is 23.3. The van der Waals surface area contributed by atoms with Crippen molar-refractivity contribution in [3.05, 3.63) is 0 Å². The normalized spacial score (nSPS) is 12.4. The highest BCUT2D eigenvalue weighted by atomic mass is 32.3. The molecule has 2 N–H and O–H groups in total. The van der Waals surface area contributed by atoms with Crippen LogP contribution in [0.15, 0.2) is 0 Å². The summed E-state index contributed by atoms with van der Waals surface area (Å²) in [5.74, 6) is 0. The summed E-state index contributed by atoms with van der Waals surface area (Å²) in [4.78, 5) is 0. The van der Waals surface area contributed by atoms with Gasteiger partial charge in [0, 0.05) is 13.1 Å². The van der Waals surface area contributed by atoms with Crippen molar-refractivity contribution < 1.29 is 16.8 Å². The van der Waals surface area contributed by atoms with Crippen LogP contribution in [0, 0.1) is 0 Å². The summed E-state index contributed by atoms with van der Waals surface area (Å²) < 4.78 is 53.2. The predicted molar refractivity (Wildman–Crippen MR) is 142 cm³/mol. The topological polar surface area (TPSA) is 92.3 Å². The van der Waals surface area contributed by atoms with Gasteiger partial charge in [-0.2, -0.15) is 0 Å². The first-order chi connectivity index (χ1) is 15.8. The molecular formula is C25H54N2O4S2. The molecule has 0 bridgehead atoms. The van der Waals surface area contributed by atoms with E-state index in [-0.39, 0.29) is 0 Å². The monoisotopic (exact) mass is 510 g/mol. The number of hydrogen-bond acceptors (Lipinski definition) is 4. The molecule has 0 atom stereocenters. The second-order valence-corrected chi connectivity index (χ2v) is 13.5. The number of sulfonamides is 2. The van der Waals surface area contributed by atoms with Gasteiger partial charge in [-0.15, -0.1) is 0 Å². The van der Waals surface area contributed by atoms with Gasteiger partial charge in [0.15, 0.2) is 5.08 Å². The van der Waals surface area contributed by atoms with Crippen LogP contribution in [0.25, 0.3) is 0 Å². The Labute approximate surface area is 206 Å². The molecule has 0 fully saturated rings. The van der Waals surface area contributed by atoms with Crippen molar-refractivity contribution >= 4 is 20.0 Å². The summed E-state index contributed by atoms with van der Waals surface area (Å²) in [6.07, 6.45) is 23.6. The Morgan fingerprint density at radius 1 is 0.394 bits per heavy atom. The van der Waals surface area contributed by atoms with Crippen molar-refractivity contribution in [2.45, 2.75) is 142 Å². The Morgan fingerprint density at radius 2 is 0.636 bits per heavy atom. The van der Waals surface area contributed by atoms with Gasteiger partial charge < -0.3 is 0 Å². The van der Waals surface area contributed by atoms with Crippen molar-refractivity contribution in [3.63, 3.8) is 0 Å². The highest BCUT2D eigenvalue weighted by molar-refractivity contribution is 8.06. The van der Waals surface area contributed by atoms with Crippen LogP contribution in [-0.2, 0) is 20.0 Å². The predicted octanol–water partition coefficient (Wildman–Crippen LogP) is 6.62. The molecule has 0 aromatic rings. The summed E-state index contributed by atoms with van der Waals surface area (Å²) in [6, 6.07) is 0. The van der Waals surface area contributed by atoms with E-state index >= 15 is 0 Å². The first-order valence-electron chi connectivity index (χ1n) is 13.8. The van der Waals surface area contributed by atoms with E-state index in [0.717, 1.165) is 38.5 Å². The van der Waals surface area contributed by atoms with Gasteiger partial charge in [0.1, 0.15) is 0 Å². The van der Waals surface area contributed by atoms with Crippen LogP contribution in [0.2, 0.25) is 0 Å². The van der Waals surface area contributed by atoms with Crippen LogP contribution in [0.5, 0.6) is 0 Å². The third-order valence-electron chi connectivity index (χ3n) is 6.01. The minimum Gasteiger partial charge on any atom is -0.214 e. The van der Waals surface area contributed by atoms with Crippen molar-refractivity contribution in [2.75, 3.05) is 18.2 Å². The average Bonchev–Trinajstić information content (AvgIpc) is 2.75. The summed E-state index contributed by atoms with van der Waals surface area (Å²) >= 11 is 0. The molecule has 8 heteroatoms. The quantitative estimate of drug-likeness (QED) is 0.128. The Kier molecular flexibility index (Phi) is 22.2.